The summed E-state index contributed by atoms with van der Waals surface area (Å²) in [5, 5.41) is 3.54. The van der Waals surface area contributed by atoms with Crippen molar-refractivity contribution in [1.29, 1.82) is 0 Å². The van der Waals surface area contributed by atoms with Gasteiger partial charge < -0.3 is 9.64 Å². The first-order chi connectivity index (χ1) is 14.8. The average molecular weight is 480 g/mol. The molecule has 0 radical (unpaired) electrons. The second-order valence-electron chi connectivity index (χ2n) is 7.40. The highest BCUT2D eigenvalue weighted by Gasteiger charge is 2.16. The predicted octanol–water partition coefficient (Wildman–Crippen LogP) is 4.68. The van der Waals surface area contributed by atoms with E-state index >= 15 is 0 Å². The third-order valence-corrected chi connectivity index (χ3v) is 6.64. The van der Waals surface area contributed by atoms with Crippen LogP contribution < -0.4 is 5.56 Å². The van der Waals surface area contributed by atoms with Crippen LogP contribution >= 0.6 is 34.7 Å². The average Bonchev–Trinajstić information content (AvgIpc) is 3.23. The first kappa shape index (κ1) is 23.8. The number of thiophene rings is 1. The molecule has 2 heterocycles. The van der Waals surface area contributed by atoms with Crippen molar-refractivity contribution in [2.75, 3.05) is 19.4 Å². The highest BCUT2D eigenvalue weighted by atomic mass is 35.5. The molecule has 3 aromatic rings. The number of amides is 1. The molecule has 0 aliphatic carbocycles. The molecule has 0 saturated heterocycles. The molecule has 0 spiro atoms. The van der Waals surface area contributed by atoms with Crippen molar-refractivity contribution in [3.05, 3.63) is 56.0 Å². The van der Waals surface area contributed by atoms with Gasteiger partial charge in [0.1, 0.15) is 0 Å². The Kier molecular flexibility index (Phi) is 8.54. The van der Waals surface area contributed by atoms with Crippen molar-refractivity contribution >= 4 is 51.5 Å². The van der Waals surface area contributed by atoms with Gasteiger partial charge >= 0.3 is 0 Å². The molecule has 0 N–H and O–H groups in total. The van der Waals surface area contributed by atoms with Crippen molar-refractivity contribution in [2.24, 2.45) is 0 Å². The van der Waals surface area contributed by atoms with Crippen LogP contribution in [0.2, 0.25) is 5.02 Å². The fourth-order valence-electron chi connectivity index (χ4n) is 2.98. The van der Waals surface area contributed by atoms with Gasteiger partial charge in [-0.05, 0) is 49.9 Å². The normalized spacial score (nSPS) is 11.4. The van der Waals surface area contributed by atoms with Gasteiger partial charge in [0.15, 0.2) is 5.16 Å². The Morgan fingerprint density at radius 2 is 2.16 bits per heavy atom. The van der Waals surface area contributed by atoms with Crippen LogP contribution in [-0.4, -0.2) is 45.9 Å². The van der Waals surface area contributed by atoms with E-state index in [-0.39, 0.29) is 23.3 Å². The largest absolute Gasteiger partial charge is 0.379 e. The summed E-state index contributed by atoms with van der Waals surface area (Å²) in [5.74, 6) is 0.177. The Bertz CT molecular complexity index is 1080. The van der Waals surface area contributed by atoms with Crippen LogP contribution in [0.25, 0.3) is 10.9 Å². The molecule has 6 nitrogen and oxygen atoms in total. The Balaban J connectivity index is 1.78. The smallest absolute Gasteiger partial charge is 0.262 e. The zero-order valence-electron chi connectivity index (χ0n) is 17.8. The number of rotatable bonds is 10. The van der Waals surface area contributed by atoms with Gasteiger partial charge in [-0.3, -0.25) is 14.2 Å². The van der Waals surface area contributed by atoms with Crippen LogP contribution in [0.5, 0.6) is 0 Å². The van der Waals surface area contributed by atoms with Crippen LogP contribution in [0, 0.1) is 0 Å². The van der Waals surface area contributed by atoms with Crippen molar-refractivity contribution in [2.45, 2.75) is 44.6 Å². The minimum Gasteiger partial charge on any atom is -0.379 e. The maximum Gasteiger partial charge on any atom is 0.262 e. The van der Waals surface area contributed by atoms with Gasteiger partial charge in [0, 0.05) is 30.1 Å². The summed E-state index contributed by atoms with van der Waals surface area (Å²) in [6, 6.07) is 9.04. The van der Waals surface area contributed by atoms with Crippen LogP contribution in [0.3, 0.4) is 0 Å². The molecular weight excluding hydrogens is 454 g/mol. The van der Waals surface area contributed by atoms with Crippen LogP contribution in [0.4, 0.5) is 0 Å². The van der Waals surface area contributed by atoms with E-state index in [0.717, 1.165) is 4.88 Å². The lowest BCUT2D eigenvalue weighted by molar-refractivity contribution is -0.127. The number of hydrogen-bond donors (Lipinski definition) is 0. The number of ether oxygens (including phenoxy) is 1. The quantitative estimate of drug-likeness (QED) is 0.240. The number of aromatic nitrogens is 2. The maximum absolute atomic E-state index is 13.1. The molecule has 2 aromatic heterocycles. The van der Waals surface area contributed by atoms with Crippen molar-refractivity contribution in [3.8, 4) is 0 Å². The van der Waals surface area contributed by atoms with Gasteiger partial charge in [-0.25, -0.2) is 4.98 Å². The lowest BCUT2D eigenvalue weighted by atomic mass is 10.2. The van der Waals surface area contributed by atoms with E-state index in [0.29, 0.717) is 47.2 Å². The van der Waals surface area contributed by atoms with Crippen molar-refractivity contribution in [3.63, 3.8) is 0 Å². The molecule has 0 atom stereocenters. The van der Waals surface area contributed by atoms with Gasteiger partial charge in [-0.1, -0.05) is 29.4 Å². The molecule has 9 heteroatoms. The second-order valence-corrected chi connectivity index (χ2v) is 9.81. The number of carbonyl (C=O) groups excluding carboxylic acids is 1. The molecule has 1 aromatic carbocycles. The Labute approximate surface area is 195 Å². The van der Waals surface area contributed by atoms with E-state index in [1.165, 1.54) is 11.8 Å². The number of fused-ring (bicyclic) bond motifs is 1. The van der Waals surface area contributed by atoms with E-state index in [1.807, 2.05) is 31.4 Å². The number of nitrogens with zero attached hydrogens (tertiary/aromatic N) is 3. The van der Waals surface area contributed by atoms with Gasteiger partial charge in [0.2, 0.25) is 5.91 Å². The molecule has 0 fully saturated rings. The Morgan fingerprint density at radius 1 is 1.35 bits per heavy atom. The summed E-state index contributed by atoms with van der Waals surface area (Å²) in [6.07, 6.45) is 0.817. The monoisotopic (exact) mass is 479 g/mol. The van der Waals surface area contributed by atoms with Crippen LogP contribution in [0.1, 0.15) is 25.1 Å². The zero-order valence-corrected chi connectivity index (χ0v) is 20.2. The van der Waals surface area contributed by atoms with Crippen molar-refractivity contribution < 1.29 is 9.53 Å². The first-order valence-corrected chi connectivity index (χ1v) is 12.3. The minimum absolute atomic E-state index is 0.0199. The molecule has 31 heavy (non-hydrogen) atoms. The fourth-order valence-corrected chi connectivity index (χ4v) is 4.87. The number of thioether (sulfide) groups is 1. The lowest BCUT2D eigenvalue weighted by Gasteiger charge is -2.17. The highest BCUT2D eigenvalue weighted by Crippen LogP contribution is 2.21. The Hall–Kier alpha value is -1.87. The molecule has 0 unspecified atom stereocenters. The van der Waals surface area contributed by atoms with Gasteiger partial charge in [0.25, 0.3) is 5.56 Å². The minimum atomic E-state index is -0.131. The van der Waals surface area contributed by atoms with Crippen LogP contribution in [-0.2, 0) is 22.6 Å². The second kappa shape index (κ2) is 11.1. The highest BCUT2D eigenvalue weighted by molar-refractivity contribution is 7.99. The molecule has 166 valence electrons. The summed E-state index contributed by atoms with van der Waals surface area (Å²) < 4.78 is 7.24. The van der Waals surface area contributed by atoms with E-state index in [2.05, 4.69) is 4.98 Å². The number of carbonyl (C=O) groups is 1. The third kappa shape index (κ3) is 6.55. The molecule has 0 aliphatic rings. The lowest BCUT2D eigenvalue weighted by Crippen LogP contribution is -2.28. The predicted molar refractivity (Wildman–Crippen MR) is 128 cm³/mol. The summed E-state index contributed by atoms with van der Waals surface area (Å²) >= 11 is 9.00. The summed E-state index contributed by atoms with van der Waals surface area (Å²) in [4.78, 5) is 33.2. The SMILES string of the molecule is CC(C)OCCCn1c(SCC(=O)N(C)Cc2cccs2)nc2cc(Cl)ccc2c1=O. The molecule has 3 rings (SSSR count). The van der Waals surface area contributed by atoms with E-state index in [1.54, 1.807) is 46.1 Å². The third-order valence-electron chi connectivity index (χ3n) is 4.58. The summed E-state index contributed by atoms with van der Waals surface area (Å²) in [6.45, 7) is 5.55. The van der Waals surface area contributed by atoms with E-state index in [4.69, 9.17) is 16.3 Å². The van der Waals surface area contributed by atoms with Crippen LogP contribution in [0.15, 0.2) is 45.7 Å². The Morgan fingerprint density at radius 3 is 2.87 bits per heavy atom. The van der Waals surface area contributed by atoms with E-state index in [9.17, 15) is 9.59 Å². The molecule has 0 bridgehead atoms. The van der Waals surface area contributed by atoms with Gasteiger partial charge in [0.05, 0.1) is 29.3 Å². The van der Waals surface area contributed by atoms with E-state index < -0.39 is 0 Å². The molecule has 1 amide bonds. The van der Waals surface area contributed by atoms with Crippen molar-refractivity contribution in [1.82, 2.24) is 14.5 Å². The number of benzene rings is 1. The van der Waals surface area contributed by atoms with Gasteiger partial charge in [-0.15, -0.1) is 11.3 Å². The zero-order chi connectivity index (χ0) is 22.4. The number of hydrogen-bond acceptors (Lipinski definition) is 6. The molecule has 0 aliphatic heterocycles. The topological polar surface area (TPSA) is 64.4 Å². The molecule has 0 saturated carbocycles. The summed E-state index contributed by atoms with van der Waals surface area (Å²) in [5.41, 5.74) is 0.405. The first-order valence-electron chi connectivity index (χ1n) is 10.1. The summed E-state index contributed by atoms with van der Waals surface area (Å²) in [7, 11) is 1.78. The molecular formula is C22H26ClN3O3S2. The standard InChI is InChI=1S/C22H26ClN3O3S2/c1-15(2)29-10-5-9-26-21(28)18-8-7-16(23)12-19(18)24-22(26)31-14-20(27)25(3)13-17-6-4-11-30-17/h4,6-8,11-12,15H,5,9-10,13-14H2,1-3H3. The maximum atomic E-state index is 13.1. The fraction of sp³-hybridized carbons (Fsp3) is 0.409. The van der Waals surface area contributed by atoms with Gasteiger partial charge in [-0.2, -0.15) is 0 Å². The number of halogens is 1.